The van der Waals surface area contributed by atoms with E-state index in [1.54, 1.807) is 12.1 Å². The summed E-state index contributed by atoms with van der Waals surface area (Å²) in [7, 11) is 0. The van der Waals surface area contributed by atoms with Gasteiger partial charge in [-0.05, 0) is 42.8 Å². The number of hydrogen-bond acceptors (Lipinski definition) is 1. The van der Waals surface area contributed by atoms with Crippen molar-refractivity contribution in [3.05, 3.63) is 58.9 Å². The van der Waals surface area contributed by atoms with Crippen LogP contribution in [0.15, 0.2) is 42.5 Å². The zero-order valence-corrected chi connectivity index (χ0v) is 9.55. The Morgan fingerprint density at radius 3 is 2.50 bits per heavy atom. The maximum absolute atomic E-state index is 12.9. The van der Waals surface area contributed by atoms with Crippen LogP contribution in [-0.4, -0.2) is 0 Å². The molecule has 0 fully saturated rings. The molecule has 1 nitrogen and oxygen atoms in total. The van der Waals surface area contributed by atoms with Gasteiger partial charge in [-0.2, -0.15) is 0 Å². The molecular weight excluding hydrogens is 225 g/mol. The third-order valence-corrected chi connectivity index (χ3v) is 2.69. The average molecular weight is 236 g/mol. The summed E-state index contributed by atoms with van der Waals surface area (Å²) in [6.45, 7) is 1.94. The molecule has 0 amide bonds. The summed E-state index contributed by atoms with van der Waals surface area (Å²) in [6, 6.07) is 12.0. The number of halogens is 2. The van der Waals surface area contributed by atoms with Crippen LogP contribution in [0.2, 0.25) is 5.02 Å². The van der Waals surface area contributed by atoms with Gasteiger partial charge >= 0.3 is 0 Å². The van der Waals surface area contributed by atoms with Crippen molar-refractivity contribution in [3.63, 3.8) is 0 Å². The lowest BCUT2D eigenvalue weighted by Gasteiger charge is -2.07. The van der Waals surface area contributed by atoms with E-state index in [9.17, 15) is 4.39 Å². The van der Waals surface area contributed by atoms with Crippen molar-refractivity contribution in [1.29, 1.82) is 0 Å². The minimum Gasteiger partial charge on any atom is -0.355 e. The van der Waals surface area contributed by atoms with Crippen LogP contribution >= 0.6 is 11.6 Å². The second-order valence-corrected chi connectivity index (χ2v) is 4.01. The van der Waals surface area contributed by atoms with Gasteiger partial charge in [0.05, 0.1) is 0 Å². The summed E-state index contributed by atoms with van der Waals surface area (Å²) >= 11 is 6.00. The number of aryl methyl sites for hydroxylation is 1. The molecule has 0 unspecified atom stereocenters. The van der Waals surface area contributed by atoms with Crippen molar-refractivity contribution >= 4 is 23.0 Å². The Labute approximate surface area is 98.9 Å². The lowest BCUT2D eigenvalue weighted by atomic mass is 10.2. The lowest BCUT2D eigenvalue weighted by molar-refractivity contribution is 0.628. The number of rotatable bonds is 2. The van der Waals surface area contributed by atoms with Crippen molar-refractivity contribution in [2.45, 2.75) is 6.92 Å². The number of hydrogen-bond donors (Lipinski definition) is 1. The molecule has 0 saturated heterocycles. The Balaban J connectivity index is 2.24. The van der Waals surface area contributed by atoms with Gasteiger partial charge < -0.3 is 5.32 Å². The molecule has 0 aliphatic carbocycles. The summed E-state index contributed by atoms with van der Waals surface area (Å²) in [5.74, 6) is -0.261. The highest BCUT2D eigenvalue weighted by Crippen LogP contribution is 2.23. The largest absolute Gasteiger partial charge is 0.355 e. The third-order valence-electron chi connectivity index (χ3n) is 2.29. The van der Waals surface area contributed by atoms with Gasteiger partial charge in [0.15, 0.2) is 0 Å². The highest BCUT2D eigenvalue weighted by Gasteiger charge is 1.99. The molecule has 1 N–H and O–H groups in total. The molecule has 0 saturated carbocycles. The number of nitrogens with one attached hydrogen (secondary N) is 1. The van der Waals surface area contributed by atoms with Crippen molar-refractivity contribution < 1.29 is 4.39 Å². The molecule has 0 aromatic heterocycles. The minimum atomic E-state index is -0.261. The highest BCUT2D eigenvalue weighted by molar-refractivity contribution is 6.31. The van der Waals surface area contributed by atoms with Gasteiger partial charge in [-0.3, -0.25) is 0 Å². The van der Waals surface area contributed by atoms with Gasteiger partial charge in [-0.25, -0.2) is 4.39 Å². The summed E-state index contributed by atoms with van der Waals surface area (Å²) in [6.07, 6.45) is 0. The normalized spacial score (nSPS) is 10.2. The van der Waals surface area contributed by atoms with E-state index < -0.39 is 0 Å². The van der Waals surface area contributed by atoms with Crippen LogP contribution in [0.5, 0.6) is 0 Å². The zero-order valence-electron chi connectivity index (χ0n) is 8.80. The average Bonchev–Trinajstić information content (AvgIpc) is 2.24. The molecule has 0 atom stereocenters. The Morgan fingerprint density at radius 1 is 1.06 bits per heavy atom. The van der Waals surface area contributed by atoms with Crippen LogP contribution in [0.1, 0.15) is 5.56 Å². The monoisotopic (exact) mass is 235 g/mol. The fraction of sp³-hybridized carbons (Fsp3) is 0.0769. The second-order valence-electron chi connectivity index (χ2n) is 3.60. The van der Waals surface area contributed by atoms with E-state index in [4.69, 9.17) is 11.6 Å². The van der Waals surface area contributed by atoms with E-state index in [1.807, 2.05) is 25.1 Å². The summed E-state index contributed by atoms with van der Waals surface area (Å²) in [5, 5.41) is 3.78. The third kappa shape index (κ3) is 2.52. The summed E-state index contributed by atoms with van der Waals surface area (Å²) < 4.78 is 12.9. The summed E-state index contributed by atoms with van der Waals surface area (Å²) in [5.41, 5.74) is 2.58. The van der Waals surface area contributed by atoms with Crippen molar-refractivity contribution in [2.24, 2.45) is 0 Å². The molecular formula is C13H11ClFN. The van der Waals surface area contributed by atoms with Crippen molar-refractivity contribution in [1.82, 2.24) is 0 Å². The minimum absolute atomic E-state index is 0.261. The molecule has 82 valence electrons. The molecule has 16 heavy (non-hydrogen) atoms. The fourth-order valence-corrected chi connectivity index (χ4v) is 1.58. The van der Waals surface area contributed by atoms with Crippen LogP contribution < -0.4 is 5.32 Å². The number of benzene rings is 2. The van der Waals surface area contributed by atoms with Crippen LogP contribution in [0, 0.1) is 12.7 Å². The van der Waals surface area contributed by atoms with Gasteiger partial charge in [-0.15, -0.1) is 0 Å². The summed E-state index contributed by atoms with van der Waals surface area (Å²) in [4.78, 5) is 0. The molecule has 0 spiro atoms. The molecule has 2 rings (SSSR count). The Bertz CT molecular complexity index is 511. The molecule has 0 radical (unpaired) electrons. The quantitative estimate of drug-likeness (QED) is 0.806. The van der Waals surface area contributed by atoms with E-state index in [1.165, 1.54) is 12.1 Å². The van der Waals surface area contributed by atoms with Gasteiger partial charge in [0.25, 0.3) is 0 Å². The first-order chi connectivity index (χ1) is 7.65. The second kappa shape index (κ2) is 4.54. The first-order valence-corrected chi connectivity index (χ1v) is 5.32. The molecule has 0 bridgehead atoms. The standard InChI is InChI=1S/C13H11ClFN/c1-9-5-6-12(8-13(9)14)16-11-4-2-3-10(15)7-11/h2-8,16H,1H3. The van der Waals surface area contributed by atoms with Crippen LogP contribution in [0.4, 0.5) is 15.8 Å². The smallest absolute Gasteiger partial charge is 0.125 e. The molecule has 2 aromatic carbocycles. The molecule has 0 aliphatic heterocycles. The Kier molecular flexibility index (Phi) is 3.11. The first-order valence-electron chi connectivity index (χ1n) is 4.94. The molecule has 0 aliphatic rings. The van der Waals surface area contributed by atoms with Crippen LogP contribution in [0.25, 0.3) is 0 Å². The number of anilines is 2. The van der Waals surface area contributed by atoms with Gasteiger partial charge in [0, 0.05) is 16.4 Å². The van der Waals surface area contributed by atoms with Crippen molar-refractivity contribution in [2.75, 3.05) is 5.32 Å². The van der Waals surface area contributed by atoms with Crippen LogP contribution in [-0.2, 0) is 0 Å². The topological polar surface area (TPSA) is 12.0 Å². The maximum atomic E-state index is 12.9. The SMILES string of the molecule is Cc1ccc(Nc2cccc(F)c2)cc1Cl. The Morgan fingerprint density at radius 2 is 1.81 bits per heavy atom. The van der Waals surface area contributed by atoms with Gasteiger partial charge in [0.2, 0.25) is 0 Å². The Hall–Kier alpha value is -1.54. The predicted octanol–water partition coefficient (Wildman–Crippen LogP) is 4.53. The van der Waals surface area contributed by atoms with Crippen LogP contribution in [0.3, 0.4) is 0 Å². The van der Waals surface area contributed by atoms with Gasteiger partial charge in [0.1, 0.15) is 5.82 Å². The van der Waals surface area contributed by atoms with E-state index >= 15 is 0 Å². The zero-order chi connectivity index (χ0) is 11.5. The first kappa shape index (κ1) is 11.0. The van der Waals surface area contributed by atoms with Crippen molar-refractivity contribution in [3.8, 4) is 0 Å². The van der Waals surface area contributed by atoms with E-state index in [0.717, 1.165) is 11.3 Å². The molecule has 0 heterocycles. The van der Waals surface area contributed by atoms with E-state index in [-0.39, 0.29) is 5.82 Å². The highest BCUT2D eigenvalue weighted by atomic mass is 35.5. The van der Waals surface area contributed by atoms with E-state index in [0.29, 0.717) is 10.7 Å². The van der Waals surface area contributed by atoms with E-state index in [2.05, 4.69) is 5.32 Å². The fourth-order valence-electron chi connectivity index (χ4n) is 1.40. The molecule has 2 aromatic rings. The predicted molar refractivity (Wildman–Crippen MR) is 65.9 cm³/mol. The lowest BCUT2D eigenvalue weighted by Crippen LogP contribution is -1.91. The maximum Gasteiger partial charge on any atom is 0.125 e. The molecule has 3 heteroatoms. The van der Waals surface area contributed by atoms with Gasteiger partial charge in [-0.1, -0.05) is 23.7 Å².